The zero-order valence-electron chi connectivity index (χ0n) is 51.9. The summed E-state index contributed by atoms with van der Waals surface area (Å²) in [5, 5.41) is 0. The maximum atomic E-state index is 12.6. The lowest BCUT2D eigenvalue weighted by Crippen LogP contribution is -2.30. The molecule has 0 fully saturated rings. The summed E-state index contributed by atoms with van der Waals surface area (Å²) in [5.74, 6) is -0.892. The molecule has 0 atom stereocenters. The lowest BCUT2D eigenvalue weighted by Gasteiger charge is -2.18. The Bertz CT molecular complexity index is 1050. The smallest absolute Gasteiger partial charge is 0.306 e. The largest absolute Gasteiger partial charge is 0.462 e. The number of unbranched alkanes of at least 4 members (excludes halogenated alkanes) is 42. The van der Waals surface area contributed by atoms with Gasteiger partial charge in [-0.25, -0.2) is 0 Å². The Morgan fingerprint density at radius 3 is 0.680 bits per heavy atom. The van der Waals surface area contributed by atoms with Crippen molar-refractivity contribution in [2.45, 2.75) is 375 Å². The van der Waals surface area contributed by atoms with Crippen molar-refractivity contribution in [1.82, 2.24) is 0 Å². The Morgan fingerprint density at radius 2 is 0.467 bits per heavy atom. The third-order valence-corrected chi connectivity index (χ3v) is 13.9. The van der Waals surface area contributed by atoms with Crippen LogP contribution in [0, 0.1) is 0 Å². The van der Waals surface area contributed by atoms with Gasteiger partial charge in [0.2, 0.25) is 0 Å². The van der Waals surface area contributed by atoms with Gasteiger partial charge >= 0.3 is 17.9 Å². The van der Waals surface area contributed by atoms with Crippen molar-refractivity contribution in [3.8, 4) is 0 Å². The molecule has 6 nitrogen and oxygen atoms in total. The number of rotatable bonds is 56. The minimum atomic E-state index is -0.767. The van der Waals surface area contributed by atoms with Crippen LogP contribution in [0.25, 0.3) is 0 Å². The highest BCUT2D eigenvalue weighted by Gasteiger charge is 2.19. The van der Waals surface area contributed by atoms with Crippen molar-refractivity contribution in [3.05, 3.63) is 38.0 Å². The highest BCUT2D eigenvalue weighted by molar-refractivity contribution is 5.71. The van der Waals surface area contributed by atoms with Crippen LogP contribution in [0.5, 0.6) is 0 Å². The standard InChI is InChI=1S/C43H78O6.C10H20.2C8H18/c1-4-7-10-13-16-19-21-24-26-29-32-35-41(44)47-38-40(49-43(46)37-34-31-28-23-18-15-12-9-6-3)39-48-42(45)36-33-30-27-25-22-20-17-14-11-8-5-2;1-3-5-7-9-10-8-6-4-2;2*1-3-5-7-8-6-4-2/h4-5,40H,1-2,6-39H2,3H3;3H,1,4-10H2,2H3;2*3-8H2,1-2H3. The van der Waals surface area contributed by atoms with Crippen LogP contribution in [0.15, 0.2) is 38.0 Å². The summed E-state index contributed by atoms with van der Waals surface area (Å²) in [5.41, 5.74) is 0. The fraction of sp³-hybridized carbons (Fsp3) is 0.870. The Hall–Kier alpha value is -2.37. The molecule has 6 heteroatoms. The number of ether oxygens (including phenoxy) is 3. The molecule has 0 aromatic carbocycles. The van der Waals surface area contributed by atoms with E-state index in [1.54, 1.807) is 0 Å². The average Bonchev–Trinajstić information content (AvgIpc) is 3.41. The highest BCUT2D eigenvalue weighted by Crippen LogP contribution is 2.16. The third kappa shape index (κ3) is 80.6. The monoisotopic (exact) mass is 1060 g/mol. The quantitative estimate of drug-likeness (QED) is 0.0261. The van der Waals surface area contributed by atoms with Gasteiger partial charge < -0.3 is 14.2 Å². The topological polar surface area (TPSA) is 78.9 Å². The van der Waals surface area contributed by atoms with Crippen LogP contribution < -0.4 is 0 Å². The summed E-state index contributed by atoms with van der Waals surface area (Å²) < 4.78 is 16.6. The van der Waals surface area contributed by atoms with E-state index < -0.39 is 6.10 Å². The third-order valence-electron chi connectivity index (χ3n) is 13.9. The molecule has 0 spiro atoms. The molecular weight excluding hydrogens is 925 g/mol. The zero-order chi connectivity index (χ0) is 56.0. The molecule has 0 unspecified atom stereocenters. The summed E-state index contributed by atoms with van der Waals surface area (Å²) in [7, 11) is 0. The van der Waals surface area contributed by atoms with Gasteiger partial charge in [0.25, 0.3) is 0 Å². The maximum Gasteiger partial charge on any atom is 0.306 e. The van der Waals surface area contributed by atoms with Crippen LogP contribution in [-0.2, 0) is 28.6 Å². The van der Waals surface area contributed by atoms with Crippen LogP contribution in [0.1, 0.15) is 369 Å². The van der Waals surface area contributed by atoms with E-state index in [1.807, 2.05) is 18.2 Å². The summed E-state index contributed by atoms with van der Waals surface area (Å²) in [6, 6.07) is 0. The van der Waals surface area contributed by atoms with Gasteiger partial charge in [0.15, 0.2) is 6.10 Å². The second kappa shape index (κ2) is 75.9. The Morgan fingerprint density at radius 1 is 0.280 bits per heavy atom. The minimum absolute atomic E-state index is 0.0743. The molecule has 0 aliphatic carbocycles. The molecule has 0 saturated heterocycles. The number of hydrogen-bond donors (Lipinski definition) is 0. The second-order valence-electron chi connectivity index (χ2n) is 21.7. The molecule has 0 N–H and O–H groups in total. The Kier molecular flexibility index (Phi) is 80.0. The fourth-order valence-corrected chi connectivity index (χ4v) is 8.82. The first-order valence-electron chi connectivity index (χ1n) is 33.1. The fourth-order valence-electron chi connectivity index (χ4n) is 8.82. The van der Waals surface area contributed by atoms with E-state index in [-0.39, 0.29) is 31.1 Å². The molecule has 0 aromatic rings. The van der Waals surface area contributed by atoms with E-state index in [4.69, 9.17) is 14.2 Å². The molecule has 446 valence electrons. The Balaban J connectivity index is -0.000000779. The number of esters is 3. The molecule has 0 radical (unpaired) electrons. The summed E-state index contributed by atoms with van der Waals surface area (Å²) in [6.45, 7) is 24.6. The lowest BCUT2D eigenvalue weighted by molar-refractivity contribution is -0.167. The number of allylic oxidation sites excluding steroid dienone is 3. The van der Waals surface area contributed by atoms with Gasteiger partial charge in [0.05, 0.1) is 0 Å². The molecule has 75 heavy (non-hydrogen) atoms. The van der Waals surface area contributed by atoms with E-state index in [2.05, 4.69) is 61.3 Å². The highest BCUT2D eigenvalue weighted by atomic mass is 16.6. The Labute approximate surface area is 470 Å². The van der Waals surface area contributed by atoms with Crippen molar-refractivity contribution in [1.29, 1.82) is 0 Å². The molecule has 0 aromatic heterocycles. The average molecular weight is 1060 g/mol. The first-order valence-corrected chi connectivity index (χ1v) is 33.1. The first-order chi connectivity index (χ1) is 36.8. The van der Waals surface area contributed by atoms with E-state index in [1.165, 1.54) is 238 Å². The normalized spacial score (nSPS) is 10.6. The molecular formula is C69H134O6. The lowest BCUT2D eigenvalue weighted by atomic mass is 10.1. The van der Waals surface area contributed by atoms with Gasteiger partial charge in [-0.05, 0) is 57.8 Å². The van der Waals surface area contributed by atoms with Crippen LogP contribution >= 0.6 is 0 Å². The summed E-state index contributed by atoms with van der Waals surface area (Å²) in [4.78, 5) is 37.5. The van der Waals surface area contributed by atoms with Crippen molar-refractivity contribution >= 4 is 17.9 Å². The van der Waals surface area contributed by atoms with Crippen LogP contribution in [0.4, 0.5) is 0 Å². The van der Waals surface area contributed by atoms with E-state index >= 15 is 0 Å². The van der Waals surface area contributed by atoms with Gasteiger partial charge in [-0.1, -0.05) is 310 Å². The number of carbonyl (C=O) groups is 3. The van der Waals surface area contributed by atoms with Gasteiger partial charge in [-0.2, -0.15) is 0 Å². The van der Waals surface area contributed by atoms with Crippen LogP contribution in [0.3, 0.4) is 0 Å². The van der Waals surface area contributed by atoms with Gasteiger partial charge in [-0.3, -0.25) is 14.4 Å². The number of carbonyl (C=O) groups excluding carboxylic acids is 3. The molecule has 0 saturated carbocycles. The second-order valence-corrected chi connectivity index (χ2v) is 21.7. The molecule has 0 heterocycles. The van der Waals surface area contributed by atoms with Crippen molar-refractivity contribution in [2.24, 2.45) is 0 Å². The SMILES string of the molecule is C=CCCCCCCCC.C=CCCCCCCCCCCCC(=O)OCC(COC(=O)CCCCCCCCCCCC=C)OC(=O)CCCCCCCCCCC.CCCCCCCC.CCCCCCCC. The van der Waals surface area contributed by atoms with E-state index in [0.717, 1.165) is 70.6 Å². The molecule has 0 aliphatic rings. The predicted molar refractivity (Wildman–Crippen MR) is 332 cm³/mol. The molecule has 0 bridgehead atoms. The van der Waals surface area contributed by atoms with Crippen LogP contribution in [0.2, 0.25) is 0 Å². The van der Waals surface area contributed by atoms with E-state index in [0.29, 0.717) is 19.3 Å². The van der Waals surface area contributed by atoms with Gasteiger partial charge in [0.1, 0.15) is 13.2 Å². The molecule has 0 aliphatic heterocycles. The van der Waals surface area contributed by atoms with Gasteiger partial charge in [-0.15, -0.1) is 19.7 Å². The summed E-state index contributed by atoms with van der Waals surface area (Å²) >= 11 is 0. The zero-order valence-corrected chi connectivity index (χ0v) is 51.9. The minimum Gasteiger partial charge on any atom is -0.462 e. The van der Waals surface area contributed by atoms with E-state index in [9.17, 15) is 14.4 Å². The van der Waals surface area contributed by atoms with Gasteiger partial charge in [0, 0.05) is 19.3 Å². The first kappa shape index (κ1) is 79.1. The van der Waals surface area contributed by atoms with Crippen molar-refractivity contribution < 1.29 is 28.6 Å². The molecule has 0 rings (SSSR count). The number of hydrogen-bond acceptors (Lipinski definition) is 6. The molecule has 0 amide bonds. The van der Waals surface area contributed by atoms with Crippen molar-refractivity contribution in [3.63, 3.8) is 0 Å². The van der Waals surface area contributed by atoms with Crippen LogP contribution in [-0.4, -0.2) is 37.2 Å². The predicted octanol–water partition coefficient (Wildman–Crippen LogP) is 23.5. The summed E-state index contributed by atoms with van der Waals surface area (Å²) in [6.07, 6.45) is 66.5. The maximum absolute atomic E-state index is 12.6. The van der Waals surface area contributed by atoms with Crippen molar-refractivity contribution in [2.75, 3.05) is 13.2 Å².